The third-order valence-corrected chi connectivity index (χ3v) is 2.91. The quantitative estimate of drug-likeness (QED) is 0.491. The normalized spacial score (nSPS) is 10.4. The lowest BCUT2D eigenvalue weighted by Gasteiger charge is -2.08. The second kappa shape index (κ2) is 5.17. The molecular formula is C11H9ClN4O4. The molecule has 3 N–H and O–H groups in total. The smallest absolute Gasteiger partial charge is 0.328 e. The summed E-state index contributed by atoms with van der Waals surface area (Å²) in [5.41, 5.74) is 4.88. The van der Waals surface area contributed by atoms with Crippen LogP contribution in [0.3, 0.4) is 0 Å². The number of anilines is 1. The first-order valence-electron chi connectivity index (χ1n) is 5.40. The minimum absolute atomic E-state index is 0.0388. The van der Waals surface area contributed by atoms with Crippen molar-refractivity contribution < 1.29 is 4.92 Å². The molecule has 9 heteroatoms. The molecule has 0 saturated heterocycles. The van der Waals surface area contributed by atoms with Crippen LogP contribution in [0.2, 0.25) is 5.02 Å². The van der Waals surface area contributed by atoms with Gasteiger partial charge in [0.15, 0.2) is 0 Å². The zero-order valence-corrected chi connectivity index (χ0v) is 10.8. The fourth-order valence-corrected chi connectivity index (χ4v) is 1.79. The highest BCUT2D eigenvalue weighted by Crippen LogP contribution is 2.20. The molecule has 0 amide bonds. The number of non-ortho nitro benzene ring substituents is 1. The van der Waals surface area contributed by atoms with Crippen LogP contribution in [0, 0.1) is 10.1 Å². The number of nitrogens with one attached hydrogen (secondary N) is 1. The van der Waals surface area contributed by atoms with Gasteiger partial charge in [0.05, 0.1) is 11.5 Å². The summed E-state index contributed by atoms with van der Waals surface area (Å²) in [6, 6.07) is 3.91. The second-order valence-electron chi connectivity index (χ2n) is 4.00. The van der Waals surface area contributed by atoms with Gasteiger partial charge in [0, 0.05) is 29.6 Å². The molecule has 0 aliphatic rings. The van der Waals surface area contributed by atoms with Crippen molar-refractivity contribution in [2.24, 2.45) is 0 Å². The summed E-state index contributed by atoms with van der Waals surface area (Å²) in [6.45, 7) is -0.0388. The van der Waals surface area contributed by atoms with Gasteiger partial charge in [0.1, 0.15) is 5.02 Å². The van der Waals surface area contributed by atoms with Gasteiger partial charge in [-0.05, 0) is 6.07 Å². The number of halogens is 1. The number of nitrogens with zero attached hydrogens (tertiary/aromatic N) is 2. The molecular weight excluding hydrogens is 288 g/mol. The number of hydrogen-bond acceptors (Lipinski definition) is 5. The molecule has 0 fully saturated rings. The highest BCUT2D eigenvalue weighted by Gasteiger charge is 2.11. The standard InChI is InChI=1S/C11H9ClN4O4/c12-8-5-15(11(18)14-10(8)17)4-6-3-7(16(19)20)1-2-9(6)13/h1-3,5H,4,13H2,(H,14,17,18). The number of hydrogen-bond donors (Lipinski definition) is 2. The summed E-state index contributed by atoms with van der Waals surface area (Å²) in [5.74, 6) is 0. The molecule has 2 rings (SSSR count). The van der Waals surface area contributed by atoms with Crippen LogP contribution in [-0.2, 0) is 6.54 Å². The molecule has 1 aromatic carbocycles. The molecule has 0 unspecified atom stereocenters. The van der Waals surface area contributed by atoms with E-state index in [1.165, 1.54) is 18.2 Å². The Morgan fingerprint density at radius 2 is 2.10 bits per heavy atom. The minimum atomic E-state index is -0.695. The predicted octanol–water partition coefficient (Wildman–Crippen LogP) is 0.729. The van der Waals surface area contributed by atoms with Crippen molar-refractivity contribution >= 4 is 23.0 Å². The van der Waals surface area contributed by atoms with E-state index in [1.807, 2.05) is 4.98 Å². The van der Waals surface area contributed by atoms with Crippen LogP contribution in [0.1, 0.15) is 5.56 Å². The first kappa shape index (κ1) is 13.8. The van der Waals surface area contributed by atoms with Crippen molar-refractivity contribution in [3.8, 4) is 0 Å². The molecule has 0 aliphatic carbocycles. The van der Waals surface area contributed by atoms with Crippen molar-refractivity contribution in [3.63, 3.8) is 0 Å². The van der Waals surface area contributed by atoms with E-state index in [1.54, 1.807) is 0 Å². The van der Waals surface area contributed by atoms with Crippen LogP contribution in [0.25, 0.3) is 0 Å². The van der Waals surface area contributed by atoms with E-state index < -0.39 is 16.2 Å². The van der Waals surface area contributed by atoms with Gasteiger partial charge in [0.25, 0.3) is 11.2 Å². The van der Waals surface area contributed by atoms with E-state index >= 15 is 0 Å². The van der Waals surface area contributed by atoms with Gasteiger partial charge in [-0.2, -0.15) is 0 Å². The molecule has 0 spiro atoms. The Labute approximate surface area is 116 Å². The maximum Gasteiger partial charge on any atom is 0.328 e. The Balaban J connectivity index is 2.47. The van der Waals surface area contributed by atoms with Crippen LogP contribution in [0.15, 0.2) is 34.0 Å². The fourth-order valence-electron chi connectivity index (χ4n) is 1.63. The average Bonchev–Trinajstić information content (AvgIpc) is 2.38. The summed E-state index contributed by atoms with van der Waals surface area (Å²) in [5, 5.41) is 10.6. The summed E-state index contributed by atoms with van der Waals surface area (Å²) >= 11 is 5.63. The van der Waals surface area contributed by atoms with E-state index in [9.17, 15) is 19.7 Å². The molecule has 2 aromatic rings. The van der Waals surface area contributed by atoms with Gasteiger partial charge in [-0.1, -0.05) is 11.6 Å². The first-order valence-corrected chi connectivity index (χ1v) is 5.78. The molecule has 8 nitrogen and oxygen atoms in total. The van der Waals surface area contributed by atoms with E-state index in [0.29, 0.717) is 11.3 Å². The Morgan fingerprint density at radius 3 is 2.75 bits per heavy atom. The van der Waals surface area contributed by atoms with E-state index in [2.05, 4.69) is 0 Å². The number of nitro benzene ring substituents is 1. The van der Waals surface area contributed by atoms with Gasteiger partial charge in [-0.15, -0.1) is 0 Å². The average molecular weight is 297 g/mol. The van der Waals surface area contributed by atoms with Gasteiger partial charge >= 0.3 is 5.69 Å². The van der Waals surface area contributed by atoms with E-state index in [0.717, 1.165) is 10.8 Å². The number of nitro groups is 1. The molecule has 20 heavy (non-hydrogen) atoms. The molecule has 0 radical (unpaired) electrons. The summed E-state index contributed by atoms with van der Waals surface area (Å²) in [4.78, 5) is 34.9. The molecule has 0 saturated carbocycles. The Morgan fingerprint density at radius 1 is 1.40 bits per heavy atom. The van der Waals surface area contributed by atoms with Crippen LogP contribution >= 0.6 is 11.6 Å². The van der Waals surface area contributed by atoms with Crippen molar-refractivity contribution in [2.75, 3.05) is 5.73 Å². The minimum Gasteiger partial charge on any atom is -0.398 e. The zero-order valence-electron chi connectivity index (χ0n) is 10.00. The van der Waals surface area contributed by atoms with Crippen LogP contribution < -0.4 is 17.0 Å². The number of aromatic nitrogens is 2. The van der Waals surface area contributed by atoms with E-state index in [-0.39, 0.29) is 17.3 Å². The molecule has 0 aliphatic heterocycles. The van der Waals surface area contributed by atoms with Gasteiger partial charge in [0.2, 0.25) is 0 Å². The van der Waals surface area contributed by atoms with Crippen LogP contribution in [0.4, 0.5) is 11.4 Å². The Hall–Kier alpha value is -2.61. The zero-order chi connectivity index (χ0) is 14.9. The number of nitrogen functional groups attached to an aromatic ring is 1. The lowest BCUT2D eigenvalue weighted by atomic mass is 10.1. The largest absolute Gasteiger partial charge is 0.398 e. The topological polar surface area (TPSA) is 124 Å². The molecule has 0 bridgehead atoms. The number of H-pyrrole nitrogens is 1. The van der Waals surface area contributed by atoms with Crippen molar-refractivity contribution in [1.29, 1.82) is 0 Å². The summed E-state index contributed by atoms with van der Waals surface area (Å²) in [6.07, 6.45) is 1.15. The monoisotopic (exact) mass is 296 g/mol. The van der Waals surface area contributed by atoms with Crippen LogP contribution in [0.5, 0.6) is 0 Å². The number of nitrogens with two attached hydrogens (primary N) is 1. The number of aromatic amines is 1. The third-order valence-electron chi connectivity index (χ3n) is 2.65. The molecule has 104 valence electrons. The highest BCUT2D eigenvalue weighted by atomic mass is 35.5. The lowest BCUT2D eigenvalue weighted by Crippen LogP contribution is -2.30. The van der Waals surface area contributed by atoms with Gasteiger partial charge < -0.3 is 5.73 Å². The molecule has 0 atom stereocenters. The second-order valence-corrected chi connectivity index (χ2v) is 4.41. The van der Waals surface area contributed by atoms with Crippen molar-refractivity contribution in [1.82, 2.24) is 9.55 Å². The maximum absolute atomic E-state index is 11.6. The molecule has 1 aromatic heterocycles. The van der Waals surface area contributed by atoms with Crippen LogP contribution in [-0.4, -0.2) is 14.5 Å². The first-order chi connectivity index (χ1) is 9.38. The Kier molecular flexibility index (Phi) is 3.57. The number of benzene rings is 1. The van der Waals surface area contributed by atoms with E-state index in [4.69, 9.17) is 17.3 Å². The summed E-state index contributed by atoms with van der Waals surface area (Å²) < 4.78 is 1.11. The Bertz CT molecular complexity index is 796. The third kappa shape index (κ3) is 2.69. The molecule has 1 heterocycles. The van der Waals surface area contributed by atoms with Crippen molar-refractivity contribution in [2.45, 2.75) is 6.54 Å². The SMILES string of the molecule is Nc1ccc([N+](=O)[O-])cc1Cn1cc(Cl)c(=O)[nH]c1=O. The fraction of sp³-hybridized carbons (Fsp3) is 0.0909. The maximum atomic E-state index is 11.6. The van der Waals surface area contributed by atoms with Gasteiger partial charge in [-0.25, -0.2) is 4.79 Å². The van der Waals surface area contributed by atoms with Crippen molar-refractivity contribution in [3.05, 3.63) is 65.9 Å². The predicted molar refractivity (Wildman–Crippen MR) is 72.9 cm³/mol. The summed E-state index contributed by atoms with van der Waals surface area (Å²) in [7, 11) is 0. The lowest BCUT2D eigenvalue weighted by molar-refractivity contribution is -0.384. The number of rotatable bonds is 3. The highest BCUT2D eigenvalue weighted by molar-refractivity contribution is 6.30. The van der Waals surface area contributed by atoms with Gasteiger partial charge in [-0.3, -0.25) is 24.5 Å².